The van der Waals surface area contributed by atoms with Crippen molar-refractivity contribution in [2.75, 3.05) is 13.1 Å². The minimum absolute atomic E-state index is 0.378. The number of nitrogens with zero attached hydrogens (tertiary/aromatic N) is 5. The average molecular weight is 512 g/mol. The molecule has 1 saturated heterocycles. The van der Waals surface area contributed by atoms with Crippen LogP contribution in [0.3, 0.4) is 0 Å². The summed E-state index contributed by atoms with van der Waals surface area (Å²) < 4.78 is 1.18. The lowest BCUT2D eigenvalue weighted by Gasteiger charge is -2.31. The van der Waals surface area contributed by atoms with Gasteiger partial charge in [0.2, 0.25) is 0 Å². The monoisotopic (exact) mass is 511 g/mol. The molecule has 0 radical (unpaired) electrons. The number of nitrogens with one attached hydrogen (secondary N) is 2. The van der Waals surface area contributed by atoms with E-state index < -0.39 is 0 Å². The largest absolute Gasteiger partial charge is 0.298 e. The molecular weight excluding hydrogens is 486 g/mol. The zero-order valence-electron chi connectivity index (χ0n) is 19.9. The highest BCUT2D eigenvalue weighted by Crippen LogP contribution is 2.33. The van der Waals surface area contributed by atoms with Gasteiger partial charge in [0, 0.05) is 40.4 Å². The van der Waals surface area contributed by atoms with Gasteiger partial charge in [0.05, 0.1) is 26.4 Å². The van der Waals surface area contributed by atoms with Gasteiger partial charge in [-0.3, -0.25) is 15.1 Å². The molecule has 5 heterocycles. The maximum absolute atomic E-state index is 4.94. The van der Waals surface area contributed by atoms with E-state index in [2.05, 4.69) is 84.2 Å². The molecule has 0 bridgehead atoms. The molecule has 7 rings (SSSR count). The quantitative estimate of drug-likeness (QED) is 0.281. The Labute approximate surface area is 216 Å². The van der Waals surface area contributed by atoms with Gasteiger partial charge >= 0.3 is 0 Å². The number of hydrogen-bond acceptors (Lipinski definition) is 7. The summed E-state index contributed by atoms with van der Waals surface area (Å²) in [5.74, 6) is 2.10. The van der Waals surface area contributed by atoms with E-state index in [9.17, 15) is 0 Å². The average Bonchev–Trinajstić information content (AvgIpc) is 3.69. The summed E-state index contributed by atoms with van der Waals surface area (Å²) in [5.41, 5.74) is 5.05. The molecule has 4 aromatic heterocycles. The van der Waals surface area contributed by atoms with Crippen LogP contribution >= 0.6 is 22.7 Å². The predicted octanol–water partition coefficient (Wildman–Crippen LogP) is 6.37. The van der Waals surface area contributed by atoms with Crippen molar-refractivity contribution in [2.45, 2.75) is 32.2 Å². The van der Waals surface area contributed by atoms with Crippen molar-refractivity contribution < 1.29 is 0 Å². The third-order valence-corrected chi connectivity index (χ3v) is 8.74. The summed E-state index contributed by atoms with van der Waals surface area (Å²) in [7, 11) is 0. The van der Waals surface area contributed by atoms with Crippen molar-refractivity contribution in [2.24, 2.45) is 0 Å². The molecule has 180 valence electrons. The third-order valence-electron chi connectivity index (χ3n) is 6.94. The van der Waals surface area contributed by atoms with Crippen LogP contribution in [0.5, 0.6) is 0 Å². The van der Waals surface area contributed by atoms with E-state index in [0.29, 0.717) is 5.92 Å². The minimum atomic E-state index is 0.378. The Morgan fingerprint density at radius 2 is 1.97 bits per heavy atom. The van der Waals surface area contributed by atoms with Gasteiger partial charge in [-0.15, -0.1) is 22.7 Å². The molecule has 0 saturated carbocycles. The van der Waals surface area contributed by atoms with Crippen LogP contribution in [0.4, 0.5) is 0 Å². The van der Waals surface area contributed by atoms with Gasteiger partial charge < -0.3 is 0 Å². The SMILES string of the molecule is Cc1nc2ccc(-c3n[nH]c4ccc(-c5n[nH]c([C@@H]6CCCN(Cc7cccs7)C6)n5)cc34)cc2s1. The molecule has 2 N–H and O–H groups in total. The molecule has 0 amide bonds. The van der Waals surface area contributed by atoms with Crippen LogP contribution < -0.4 is 0 Å². The zero-order valence-corrected chi connectivity index (χ0v) is 21.5. The highest BCUT2D eigenvalue weighted by molar-refractivity contribution is 7.18. The zero-order chi connectivity index (χ0) is 24.1. The maximum atomic E-state index is 4.94. The Bertz CT molecular complexity index is 1660. The molecule has 9 heteroatoms. The number of aromatic nitrogens is 6. The van der Waals surface area contributed by atoms with Crippen LogP contribution in [0.2, 0.25) is 0 Å². The van der Waals surface area contributed by atoms with Crippen LogP contribution in [0.25, 0.3) is 43.8 Å². The normalized spacial score (nSPS) is 16.9. The summed E-state index contributed by atoms with van der Waals surface area (Å²) in [6.45, 7) is 5.21. The smallest absolute Gasteiger partial charge is 0.181 e. The first-order valence-electron chi connectivity index (χ1n) is 12.2. The molecule has 1 aliphatic heterocycles. The second kappa shape index (κ2) is 8.92. The van der Waals surface area contributed by atoms with Crippen LogP contribution in [-0.4, -0.2) is 48.4 Å². The van der Waals surface area contributed by atoms with E-state index in [-0.39, 0.29) is 0 Å². The van der Waals surface area contributed by atoms with Gasteiger partial charge in [-0.1, -0.05) is 12.1 Å². The van der Waals surface area contributed by atoms with Crippen molar-refractivity contribution in [3.05, 3.63) is 69.6 Å². The number of benzene rings is 2. The highest BCUT2D eigenvalue weighted by Gasteiger charge is 2.25. The Balaban J connectivity index is 1.16. The Morgan fingerprint density at radius 1 is 1.03 bits per heavy atom. The van der Waals surface area contributed by atoms with Gasteiger partial charge in [-0.25, -0.2) is 9.97 Å². The van der Waals surface area contributed by atoms with Crippen LogP contribution in [0.15, 0.2) is 53.9 Å². The first-order valence-corrected chi connectivity index (χ1v) is 13.9. The maximum Gasteiger partial charge on any atom is 0.181 e. The van der Waals surface area contributed by atoms with Crippen molar-refractivity contribution >= 4 is 43.8 Å². The lowest BCUT2D eigenvalue weighted by molar-refractivity contribution is 0.198. The third kappa shape index (κ3) is 4.03. The number of aromatic amines is 2. The van der Waals surface area contributed by atoms with Crippen LogP contribution in [0, 0.1) is 6.92 Å². The molecule has 1 atom stereocenters. The van der Waals surface area contributed by atoms with E-state index in [1.807, 2.05) is 18.3 Å². The lowest BCUT2D eigenvalue weighted by atomic mass is 9.97. The van der Waals surface area contributed by atoms with E-state index in [4.69, 9.17) is 4.98 Å². The number of rotatable bonds is 5. The second-order valence-electron chi connectivity index (χ2n) is 9.45. The van der Waals surface area contributed by atoms with E-state index in [0.717, 1.165) is 76.0 Å². The Kier molecular flexibility index (Phi) is 5.41. The fourth-order valence-corrected chi connectivity index (χ4v) is 6.80. The summed E-state index contributed by atoms with van der Waals surface area (Å²) in [5, 5.41) is 20.0. The Hall–Kier alpha value is -3.40. The van der Waals surface area contributed by atoms with Gasteiger partial charge in [-0.2, -0.15) is 10.2 Å². The molecular formula is C27H25N7S2. The number of hydrogen-bond donors (Lipinski definition) is 2. The number of aryl methyl sites for hydroxylation is 1. The van der Waals surface area contributed by atoms with Crippen molar-refractivity contribution in [3.63, 3.8) is 0 Å². The van der Waals surface area contributed by atoms with E-state index in [1.165, 1.54) is 16.0 Å². The standard InChI is InChI=1S/C27H25N7S2/c1-16-28-23-9-6-17(13-24(23)36-16)25-21-12-18(7-8-22(21)30-31-25)26-29-27(33-32-26)19-4-2-10-34(14-19)15-20-5-3-11-35-20/h3,5-9,11-13,19H,2,4,10,14-15H2,1H3,(H,30,31)(H,29,32,33)/t19-/m1/s1. The van der Waals surface area contributed by atoms with Crippen molar-refractivity contribution in [1.82, 2.24) is 35.3 Å². The highest BCUT2D eigenvalue weighted by atomic mass is 32.1. The molecule has 0 aliphatic carbocycles. The van der Waals surface area contributed by atoms with Crippen LogP contribution in [-0.2, 0) is 6.54 Å². The fraction of sp³-hybridized carbons (Fsp3) is 0.259. The van der Waals surface area contributed by atoms with Crippen molar-refractivity contribution in [3.8, 4) is 22.6 Å². The molecule has 2 aromatic carbocycles. The number of piperidine rings is 1. The Morgan fingerprint density at radius 3 is 2.89 bits per heavy atom. The molecule has 0 unspecified atom stereocenters. The van der Waals surface area contributed by atoms with Crippen LogP contribution in [0.1, 0.15) is 34.5 Å². The number of thiophene rings is 1. The molecule has 36 heavy (non-hydrogen) atoms. The number of thiazole rings is 1. The first kappa shape index (κ1) is 21.8. The summed E-state index contributed by atoms with van der Waals surface area (Å²) in [6, 6.07) is 17.0. The topological polar surface area (TPSA) is 86.4 Å². The van der Waals surface area contributed by atoms with Crippen molar-refractivity contribution in [1.29, 1.82) is 0 Å². The number of fused-ring (bicyclic) bond motifs is 2. The molecule has 0 spiro atoms. The fourth-order valence-electron chi connectivity index (χ4n) is 5.19. The number of likely N-dealkylation sites (tertiary alicyclic amines) is 1. The molecule has 6 aromatic rings. The summed E-state index contributed by atoms with van der Waals surface area (Å²) >= 11 is 3.54. The van der Waals surface area contributed by atoms with E-state index >= 15 is 0 Å². The first-order chi connectivity index (χ1) is 17.7. The van der Waals surface area contributed by atoms with E-state index in [1.54, 1.807) is 11.3 Å². The molecule has 1 fully saturated rings. The summed E-state index contributed by atoms with van der Waals surface area (Å²) in [6.07, 6.45) is 2.32. The van der Waals surface area contributed by atoms with Gasteiger partial charge in [0.25, 0.3) is 0 Å². The lowest BCUT2D eigenvalue weighted by Crippen LogP contribution is -2.34. The molecule has 7 nitrogen and oxygen atoms in total. The summed E-state index contributed by atoms with van der Waals surface area (Å²) in [4.78, 5) is 13.5. The number of H-pyrrole nitrogens is 2. The molecule has 1 aliphatic rings. The van der Waals surface area contributed by atoms with Gasteiger partial charge in [0.1, 0.15) is 5.82 Å². The van der Waals surface area contributed by atoms with Gasteiger partial charge in [0.15, 0.2) is 5.82 Å². The predicted molar refractivity (Wildman–Crippen MR) is 146 cm³/mol. The van der Waals surface area contributed by atoms with Gasteiger partial charge in [-0.05, 0) is 68.1 Å². The minimum Gasteiger partial charge on any atom is -0.298 e. The second-order valence-corrected chi connectivity index (χ2v) is 11.7.